The minimum Gasteiger partial charge on any atom is -0.314 e. The van der Waals surface area contributed by atoms with E-state index in [1.807, 2.05) is 0 Å². The third-order valence-electron chi connectivity index (χ3n) is 3.40. The Kier molecular flexibility index (Phi) is 6.50. The van der Waals surface area contributed by atoms with Crippen LogP contribution >= 0.6 is 0 Å². The predicted molar refractivity (Wildman–Crippen MR) is 76.4 cm³/mol. The van der Waals surface area contributed by atoms with Gasteiger partial charge >= 0.3 is 0 Å². The number of nitrogens with zero attached hydrogens (tertiary/aromatic N) is 1. The average Bonchev–Trinajstić information content (AvgIpc) is 2.99. The van der Waals surface area contributed by atoms with Crippen molar-refractivity contribution in [3.05, 3.63) is 0 Å². The van der Waals surface area contributed by atoms with Crippen LogP contribution < -0.4 is 5.32 Å². The van der Waals surface area contributed by atoms with Gasteiger partial charge in [-0.1, -0.05) is 27.7 Å². The maximum atomic E-state index is 3.62. The molecule has 1 N–H and O–H groups in total. The molecule has 0 saturated heterocycles. The first-order valence-electron chi connectivity index (χ1n) is 7.46. The zero-order chi connectivity index (χ0) is 12.8. The minimum atomic E-state index is 0.714. The fourth-order valence-corrected chi connectivity index (χ4v) is 2.34. The zero-order valence-electron chi connectivity index (χ0n) is 12.5. The van der Waals surface area contributed by atoms with E-state index < -0.39 is 0 Å². The first-order chi connectivity index (χ1) is 7.99. The van der Waals surface area contributed by atoms with Crippen LogP contribution in [0.25, 0.3) is 0 Å². The summed E-state index contributed by atoms with van der Waals surface area (Å²) in [4.78, 5) is 2.67. The zero-order valence-corrected chi connectivity index (χ0v) is 12.5. The molecule has 17 heavy (non-hydrogen) atoms. The molecule has 102 valence electrons. The van der Waals surface area contributed by atoms with Gasteiger partial charge in [0.05, 0.1) is 0 Å². The molecule has 2 nitrogen and oxygen atoms in total. The van der Waals surface area contributed by atoms with Crippen molar-refractivity contribution in [1.82, 2.24) is 10.2 Å². The highest BCUT2D eigenvalue weighted by Crippen LogP contribution is 2.19. The molecule has 2 heteroatoms. The lowest BCUT2D eigenvalue weighted by molar-refractivity contribution is 0.159. The fourth-order valence-electron chi connectivity index (χ4n) is 2.34. The minimum absolute atomic E-state index is 0.714. The van der Waals surface area contributed by atoms with Gasteiger partial charge in [-0.05, 0) is 44.6 Å². The van der Waals surface area contributed by atoms with E-state index in [0.717, 1.165) is 17.9 Å². The van der Waals surface area contributed by atoms with Crippen LogP contribution in [0.1, 0.15) is 53.9 Å². The van der Waals surface area contributed by atoms with Gasteiger partial charge in [0.1, 0.15) is 0 Å². The molecule has 1 rings (SSSR count). The van der Waals surface area contributed by atoms with E-state index in [2.05, 4.69) is 44.8 Å². The van der Waals surface area contributed by atoms with E-state index in [-0.39, 0.29) is 0 Å². The highest BCUT2D eigenvalue weighted by Gasteiger charge is 2.21. The van der Waals surface area contributed by atoms with Gasteiger partial charge in [-0.15, -0.1) is 0 Å². The van der Waals surface area contributed by atoms with Gasteiger partial charge in [0.15, 0.2) is 0 Å². The van der Waals surface area contributed by atoms with Crippen LogP contribution in [0.5, 0.6) is 0 Å². The van der Waals surface area contributed by atoms with Crippen LogP contribution in [0.4, 0.5) is 0 Å². The average molecular weight is 240 g/mol. The van der Waals surface area contributed by atoms with E-state index in [1.54, 1.807) is 0 Å². The van der Waals surface area contributed by atoms with Crippen LogP contribution in [0, 0.1) is 11.8 Å². The molecule has 0 amide bonds. The van der Waals surface area contributed by atoms with E-state index in [4.69, 9.17) is 0 Å². The summed E-state index contributed by atoms with van der Waals surface area (Å²) < 4.78 is 0. The highest BCUT2D eigenvalue weighted by molar-refractivity contribution is 4.81. The highest BCUT2D eigenvalue weighted by atomic mass is 15.2. The van der Waals surface area contributed by atoms with Crippen molar-refractivity contribution in [3.8, 4) is 0 Å². The van der Waals surface area contributed by atoms with Gasteiger partial charge in [-0.2, -0.15) is 0 Å². The second-order valence-electron chi connectivity index (χ2n) is 6.61. The Morgan fingerprint density at radius 1 is 1.00 bits per heavy atom. The summed E-state index contributed by atoms with van der Waals surface area (Å²) in [5.41, 5.74) is 0. The summed E-state index contributed by atoms with van der Waals surface area (Å²) in [7, 11) is 0. The molecule has 1 aliphatic rings. The molecule has 1 unspecified atom stereocenters. The van der Waals surface area contributed by atoms with Gasteiger partial charge in [-0.25, -0.2) is 0 Å². The Morgan fingerprint density at radius 3 is 1.94 bits per heavy atom. The monoisotopic (exact) mass is 240 g/mol. The smallest absolute Gasteiger partial charge is 0.00792 e. The van der Waals surface area contributed by atoms with Crippen LogP contribution in [0.2, 0.25) is 0 Å². The molecule has 0 aromatic carbocycles. The lowest BCUT2D eigenvalue weighted by atomic mass is 10.1. The van der Waals surface area contributed by atoms with Crippen molar-refractivity contribution < 1.29 is 0 Å². The molecular weight excluding hydrogens is 208 g/mol. The predicted octanol–water partition coefficient (Wildman–Crippen LogP) is 3.13. The summed E-state index contributed by atoms with van der Waals surface area (Å²) in [6.07, 6.45) is 4.09. The van der Waals surface area contributed by atoms with Crippen molar-refractivity contribution in [1.29, 1.82) is 0 Å². The van der Waals surface area contributed by atoms with Crippen molar-refractivity contribution >= 4 is 0 Å². The molecule has 1 fully saturated rings. The van der Waals surface area contributed by atoms with Crippen LogP contribution in [0.15, 0.2) is 0 Å². The van der Waals surface area contributed by atoms with Gasteiger partial charge < -0.3 is 10.2 Å². The number of hydrogen-bond acceptors (Lipinski definition) is 2. The van der Waals surface area contributed by atoms with E-state index in [0.29, 0.717) is 6.04 Å². The standard InChI is InChI=1S/C15H32N2/c1-12(2)10-17(11-13(3)4)14(5)8-9-16-15-6-7-15/h12-16H,6-11H2,1-5H3. The third kappa shape index (κ3) is 7.05. The molecule has 0 aromatic heterocycles. The largest absolute Gasteiger partial charge is 0.314 e. The molecule has 0 heterocycles. The molecule has 0 spiro atoms. The van der Waals surface area contributed by atoms with Crippen molar-refractivity contribution in [2.75, 3.05) is 19.6 Å². The fraction of sp³-hybridized carbons (Fsp3) is 1.00. The normalized spacial score (nSPS) is 18.4. The summed E-state index contributed by atoms with van der Waals surface area (Å²) >= 11 is 0. The lowest BCUT2D eigenvalue weighted by Crippen LogP contribution is -2.40. The molecular formula is C15H32N2. The number of nitrogens with one attached hydrogen (secondary N) is 1. The summed E-state index contributed by atoms with van der Waals surface area (Å²) in [5, 5.41) is 3.62. The first-order valence-corrected chi connectivity index (χ1v) is 7.46. The van der Waals surface area contributed by atoms with Crippen molar-refractivity contribution in [2.24, 2.45) is 11.8 Å². The quantitative estimate of drug-likeness (QED) is 0.666. The Balaban J connectivity index is 2.25. The molecule has 0 aromatic rings. The summed E-state index contributed by atoms with van der Waals surface area (Å²) in [5.74, 6) is 1.54. The Labute approximate surface area is 108 Å². The Bertz CT molecular complexity index is 187. The van der Waals surface area contributed by atoms with Gasteiger partial charge in [-0.3, -0.25) is 0 Å². The summed E-state index contributed by atoms with van der Waals surface area (Å²) in [6, 6.07) is 1.57. The van der Waals surface area contributed by atoms with E-state index in [1.165, 1.54) is 38.9 Å². The third-order valence-corrected chi connectivity index (χ3v) is 3.40. The number of hydrogen-bond donors (Lipinski definition) is 1. The van der Waals surface area contributed by atoms with E-state index in [9.17, 15) is 0 Å². The topological polar surface area (TPSA) is 15.3 Å². The second-order valence-corrected chi connectivity index (χ2v) is 6.61. The first kappa shape index (κ1) is 15.0. The maximum Gasteiger partial charge on any atom is 0.00792 e. The van der Waals surface area contributed by atoms with Gasteiger partial charge in [0.2, 0.25) is 0 Å². The second kappa shape index (κ2) is 7.38. The van der Waals surface area contributed by atoms with Crippen LogP contribution in [0.3, 0.4) is 0 Å². The molecule has 1 aliphatic carbocycles. The van der Waals surface area contributed by atoms with Gasteiger partial charge in [0.25, 0.3) is 0 Å². The van der Waals surface area contributed by atoms with Crippen molar-refractivity contribution in [2.45, 2.75) is 66.0 Å². The molecule has 0 aliphatic heterocycles. The SMILES string of the molecule is CC(C)CN(CC(C)C)C(C)CCNC1CC1. The Hall–Kier alpha value is -0.0800. The molecule has 0 bridgehead atoms. The number of rotatable bonds is 9. The van der Waals surface area contributed by atoms with E-state index >= 15 is 0 Å². The maximum absolute atomic E-state index is 3.62. The van der Waals surface area contributed by atoms with Crippen molar-refractivity contribution in [3.63, 3.8) is 0 Å². The lowest BCUT2D eigenvalue weighted by Gasteiger charge is -2.32. The molecule has 0 radical (unpaired) electrons. The Morgan fingerprint density at radius 2 is 1.53 bits per heavy atom. The van der Waals surface area contributed by atoms with Crippen LogP contribution in [-0.4, -0.2) is 36.6 Å². The van der Waals surface area contributed by atoms with Crippen LogP contribution in [-0.2, 0) is 0 Å². The summed E-state index contributed by atoms with van der Waals surface area (Å²) in [6.45, 7) is 15.3. The van der Waals surface area contributed by atoms with Gasteiger partial charge in [0, 0.05) is 25.2 Å². The molecule has 1 saturated carbocycles. The molecule has 1 atom stereocenters.